The van der Waals surface area contributed by atoms with Gasteiger partial charge in [0.2, 0.25) is 5.95 Å². The van der Waals surface area contributed by atoms with Crippen LogP contribution in [-0.2, 0) is 5.60 Å². The molecule has 3 N–H and O–H groups in total. The molecule has 136 valence electrons. The van der Waals surface area contributed by atoms with E-state index in [1.54, 1.807) is 42.9 Å². The van der Waals surface area contributed by atoms with E-state index in [0.717, 1.165) is 11.1 Å². The van der Waals surface area contributed by atoms with Crippen molar-refractivity contribution in [2.24, 2.45) is 0 Å². The van der Waals surface area contributed by atoms with Crippen LogP contribution in [0.15, 0.2) is 48.2 Å². The van der Waals surface area contributed by atoms with Crippen LogP contribution in [0.4, 0.5) is 5.95 Å². The average Bonchev–Trinajstić information content (AvgIpc) is 3.36. The molecule has 1 aromatic carbocycles. The summed E-state index contributed by atoms with van der Waals surface area (Å²) in [5.41, 5.74) is 6.65. The lowest BCUT2D eigenvalue weighted by molar-refractivity contribution is 0.122. The number of fused-ring (bicyclic) bond motifs is 1. The first-order valence-electron chi connectivity index (χ1n) is 8.27. The molecule has 0 radical (unpaired) electrons. The van der Waals surface area contributed by atoms with Gasteiger partial charge in [0.1, 0.15) is 16.7 Å². The van der Waals surface area contributed by atoms with Crippen molar-refractivity contribution in [3.63, 3.8) is 0 Å². The van der Waals surface area contributed by atoms with Gasteiger partial charge in [0.05, 0.1) is 5.56 Å². The third-order valence-electron chi connectivity index (χ3n) is 4.14. The molecular weight excluding hydrogens is 372 g/mol. The molecule has 0 fully saturated rings. The predicted molar refractivity (Wildman–Crippen MR) is 107 cm³/mol. The molecule has 0 bridgehead atoms. The zero-order valence-corrected chi connectivity index (χ0v) is 15.6. The molecule has 0 spiro atoms. The summed E-state index contributed by atoms with van der Waals surface area (Å²) < 4.78 is 1.85. The van der Waals surface area contributed by atoms with Gasteiger partial charge in [-0.25, -0.2) is 9.97 Å². The van der Waals surface area contributed by atoms with Gasteiger partial charge in [-0.15, -0.1) is 11.3 Å². The van der Waals surface area contributed by atoms with Crippen LogP contribution in [0.3, 0.4) is 0 Å². The van der Waals surface area contributed by atoms with Crippen LogP contribution in [0.2, 0.25) is 0 Å². The SMILES string of the molecule is CC(O)(C#Cc1cc(-n2ccc3cnc(N)nc32)ccc1C#N)c1nccs1. The Kier molecular flexibility index (Phi) is 4.28. The summed E-state index contributed by atoms with van der Waals surface area (Å²) in [7, 11) is 0. The second kappa shape index (κ2) is 6.78. The van der Waals surface area contributed by atoms with Gasteiger partial charge < -0.3 is 15.4 Å². The normalized spacial score (nSPS) is 12.8. The number of nitrogen functional groups attached to an aromatic ring is 1. The Hall–Kier alpha value is -3.72. The lowest BCUT2D eigenvalue weighted by atomic mass is 10.0. The van der Waals surface area contributed by atoms with E-state index in [0.29, 0.717) is 21.8 Å². The average molecular weight is 386 g/mol. The Bertz CT molecular complexity index is 1270. The maximum Gasteiger partial charge on any atom is 0.221 e. The first-order valence-corrected chi connectivity index (χ1v) is 9.15. The lowest BCUT2D eigenvalue weighted by Gasteiger charge is -2.12. The van der Waals surface area contributed by atoms with Crippen molar-refractivity contribution < 1.29 is 5.11 Å². The van der Waals surface area contributed by atoms with Crippen molar-refractivity contribution in [1.82, 2.24) is 19.5 Å². The van der Waals surface area contributed by atoms with E-state index >= 15 is 0 Å². The molecule has 3 heterocycles. The molecule has 7 nitrogen and oxygen atoms in total. The Labute approximate surface area is 164 Å². The van der Waals surface area contributed by atoms with E-state index in [2.05, 4.69) is 32.9 Å². The number of nitrogens with zero attached hydrogens (tertiary/aromatic N) is 5. The van der Waals surface area contributed by atoms with Gasteiger partial charge in [-0.05, 0) is 31.2 Å². The molecule has 0 saturated heterocycles. The Balaban J connectivity index is 1.80. The molecule has 4 aromatic rings. The number of hydrogen-bond donors (Lipinski definition) is 2. The molecule has 0 aliphatic carbocycles. The molecule has 3 aromatic heterocycles. The fourth-order valence-corrected chi connectivity index (χ4v) is 3.38. The van der Waals surface area contributed by atoms with Crippen LogP contribution in [0.25, 0.3) is 16.7 Å². The van der Waals surface area contributed by atoms with Crippen molar-refractivity contribution >= 4 is 28.3 Å². The highest BCUT2D eigenvalue weighted by atomic mass is 32.1. The van der Waals surface area contributed by atoms with Gasteiger partial charge in [-0.1, -0.05) is 11.8 Å². The predicted octanol–water partition coefficient (Wildman–Crippen LogP) is 2.59. The molecular formula is C20H14N6OS. The fourth-order valence-electron chi connectivity index (χ4n) is 2.73. The van der Waals surface area contributed by atoms with E-state index in [-0.39, 0.29) is 5.95 Å². The number of hydrogen-bond acceptors (Lipinski definition) is 7. The third kappa shape index (κ3) is 3.19. The molecule has 0 saturated carbocycles. The van der Waals surface area contributed by atoms with Gasteiger partial charge in [0.15, 0.2) is 5.60 Å². The van der Waals surface area contributed by atoms with Crippen molar-refractivity contribution in [3.05, 3.63) is 64.4 Å². The summed E-state index contributed by atoms with van der Waals surface area (Å²) in [6.45, 7) is 1.58. The standard InChI is InChI=1S/C20H14N6OS/c1-20(27,18-23-7-9-28-18)6-4-13-10-16(3-2-14(13)11-21)26-8-5-15-12-24-19(22)25-17(15)26/h2-3,5,7-10,12,27H,1H3,(H2,22,24,25). The number of rotatable bonds is 2. The largest absolute Gasteiger partial charge is 0.371 e. The molecule has 8 heteroatoms. The van der Waals surface area contributed by atoms with E-state index in [1.165, 1.54) is 11.3 Å². The number of thiazole rings is 1. The zero-order valence-electron chi connectivity index (χ0n) is 14.8. The molecule has 1 unspecified atom stereocenters. The molecule has 0 amide bonds. The maximum absolute atomic E-state index is 10.6. The van der Waals surface area contributed by atoms with E-state index in [1.807, 2.05) is 16.8 Å². The number of nitriles is 1. The summed E-state index contributed by atoms with van der Waals surface area (Å²) in [6.07, 6.45) is 5.12. The highest BCUT2D eigenvalue weighted by molar-refractivity contribution is 7.09. The van der Waals surface area contributed by atoms with Crippen LogP contribution >= 0.6 is 11.3 Å². The lowest BCUT2D eigenvalue weighted by Crippen LogP contribution is -2.18. The van der Waals surface area contributed by atoms with E-state index in [4.69, 9.17) is 5.73 Å². The van der Waals surface area contributed by atoms with Crippen molar-refractivity contribution in [2.75, 3.05) is 5.73 Å². The van der Waals surface area contributed by atoms with Crippen LogP contribution in [0.5, 0.6) is 0 Å². The topological polar surface area (TPSA) is 114 Å². The van der Waals surface area contributed by atoms with Gasteiger partial charge in [0.25, 0.3) is 0 Å². The quantitative estimate of drug-likeness (QED) is 0.512. The molecule has 1 atom stereocenters. The maximum atomic E-state index is 10.6. The second-order valence-corrected chi connectivity index (χ2v) is 7.09. The van der Waals surface area contributed by atoms with Crippen LogP contribution < -0.4 is 5.73 Å². The first-order chi connectivity index (χ1) is 13.5. The third-order valence-corrected chi connectivity index (χ3v) is 5.12. The van der Waals surface area contributed by atoms with Gasteiger partial charge in [-0.3, -0.25) is 0 Å². The Morgan fingerprint density at radius 1 is 1.25 bits per heavy atom. The summed E-state index contributed by atoms with van der Waals surface area (Å²) in [4.78, 5) is 12.4. The highest BCUT2D eigenvalue weighted by Crippen LogP contribution is 2.23. The summed E-state index contributed by atoms with van der Waals surface area (Å²) >= 11 is 1.32. The van der Waals surface area contributed by atoms with Crippen molar-refractivity contribution in [1.29, 1.82) is 5.26 Å². The van der Waals surface area contributed by atoms with Crippen LogP contribution in [0, 0.1) is 23.2 Å². The van der Waals surface area contributed by atoms with Crippen LogP contribution in [-0.4, -0.2) is 24.6 Å². The summed E-state index contributed by atoms with van der Waals surface area (Å²) in [5.74, 6) is 5.93. The van der Waals surface area contributed by atoms with Crippen molar-refractivity contribution in [3.8, 4) is 23.6 Å². The fraction of sp³-hybridized carbons (Fsp3) is 0.100. The number of aliphatic hydroxyl groups is 1. The monoisotopic (exact) mass is 386 g/mol. The number of anilines is 1. The molecule has 0 aliphatic rings. The van der Waals surface area contributed by atoms with Crippen LogP contribution in [0.1, 0.15) is 23.1 Å². The Morgan fingerprint density at radius 3 is 2.86 bits per heavy atom. The number of benzene rings is 1. The van der Waals surface area contributed by atoms with Gasteiger partial charge >= 0.3 is 0 Å². The minimum absolute atomic E-state index is 0.181. The molecule has 28 heavy (non-hydrogen) atoms. The second-order valence-electron chi connectivity index (χ2n) is 6.19. The van der Waals surface area contributed by atoms with E-state index in [9.17, 15) is 10.4 Å². The molecule has 0 aliphatic heterocycles. The Morgan fingerprint density at radius 2 is 2.11 bits per heavy atom. The minimum Gasteiger partial charge on any atom is -0.371 e. The first kappa shape index (κ1) is 17.7. The summed E-state index contributed by atoms with van der Waals surface area (Å²) in [6, 6.07) is 9.29. The molecule has 4 rings (SSSR count). The van der Waals surface area contributed by atoms with Gasteiger partial charge in [0, 0.05) is 40.6 Å². The number of nitrogens with two attached hydrogens (primary N) is 1. The smallest absolute Gasteiger partial charge is 0.221 e. The van der Waals surface area contributed by atoms with Crippen molar-refractivity contribution in [2.45, 2.75) is 12.5 Å². The number of aromatic nitrogens is 4. The zero-order chi connectivity index (χ0) is 19.7. The van der Waals surface area contributed by atoms with E-state index < -0.39 is 5.60 Å². The van der Waals surface area contributed by atoms with Gasteiger partial charge in [-0.2, -0.15) is 10.2 Å². The highest BCUT2D eigenvalue weighted by Gasteiger charge is 2.23. The summed E-state index contributed by atoms with van der Waals surface area (Å²) in [5, 5.41) is 23.1. The minimum atomic E-state index is -1.40.